The van der Waals surface area contributed by atoms with Gasteiger partial charge >= 0.3 is 5.69 Å². The van der Waals surface area contributed by atoms with Crippen molar-refractivity contribution >= 4 is 11.0 Å². The molecule has 0 spiro atoms. The molecule has 0 atom stereocenters. The van der Waals surface area contributed by atoms with E-state index in [0.29, 0.717) is 6.54 Å². The van der Waals surface area contributed by atoms with E-state index in [1.165, 1.54) is 5.69 Å². The molecule has 0 amide bonds. The van der Waals surface area contributed by atoms with Crippen LogP contribution in [0.25, 0.3) is 11.0 Å². The van der Waals surface area contributed by atoms with Crippen LogP contribution >= 0.6 is 0 Å². The first-order valence-electron chi connectivity index (χ1n) is 6.82. The van der Waals surface area contributed by atoms with Crippen LogP contribution in [-0.2, 0) is 13.1 Å². The van der Waals surface area contributed by atoms with Crippen molar-refractivity contribution in [2.45, 2.75) is 33.4 Å². The Labute approximate surface area is 116 Å². The van der Waals surface area contributed by atoms with Gasteiger partial charge in [-0.15, -0.1) is 0 Å². The van der Waals surface area contributed by atoms with Crippen LogP contribution in [0.1, 0.15) is 17.8 Å². The van der Waals surface area contributed by atoms with E-state index in [1.807, 2.05) is 37.5 Å². The van der Waals surface area contributed by atoms with Crippen molar-refractivity contribution in [1.29, 1.82) is 0 Å². The number of H-pyrrole nitrogens is 1. The second kappa shape index (κ2) is 5.00. The van der Waals surface area contributed by atoms with Crippen molar-refractivity contribution in [3.05, 3.63) is 52.5 Å². The van der Waals surface area contributed by atoms with Gasteiger partial charge in [0.05, 0.1) is 23.1 Å². The number of benzene rings is 1. The summed E-state index contributed by atoms with van der Waals surface area (Å²) in [5.74, 6) is 0. The molecule has 2 heterocycles. The number of nitrogens with zero attached hydrogens (tertiary/aromatic N) is 3. The molecule has 0 bridgehead atoms. The third-order valence-corrected chi connectivity index (χ3v) is 3.81. The number of nitrogens with one attached hydrogen (secondary N) is 1. The molecule has 1 aromatic carbocycles. The number of hydrogen-bond acceptors (Lipinski definition) is 2. The predicted octanol–water partition coefficient (Wildman–Crippen LogP) is 2.23. The van der Waals surface area contributed by atoms with Gasteiger partial charge in [0.2, 0.25) is 0 Å². The molecule has 3 aromatic rings. The van der Waals surface area contributed by atoms with E-state index in [4.69, 9.17) is 0 Å². The fraction of sp³-hybridized carbons (Fsp3) is 0.333. The van der Waals surface area contributed by atoms with Gasteiger partial charge in [-0.05, 0) is 32.4 Å². The molecule has 0 saturated heterocycles. The first kappa shape index (κ1) is 12.7. The molecule has 0 radical (unpaired) electrons. The molecule has 104 valence electrons. The van der Waals surface area contributed by atoms with Crippen LogP contribution in [0.5, 0.6) is 0 Å². The van der Waals surface area contributed by atoms with Crippen molar-refractivity contribution in [2.75, 3.05) is 0 Å². The summed E-state index contributed by atoms with van der Waals surface area (Å²) in [6, 6.07) is 7.78. The number of aromatic amines is 1. The minimum absolute atomic E-state index is 0.0373. The second-order valence-corrected chi connectivity index (χ2v) is 5.06. The lowest BCUT2D eigenvalue weighted by molar-refractivity contribution is 0.555. The van der Waals surface area contributed by atoms with Crippen molar-refractivity contribution in [3.63, 3.8) is 0 Å². The third-order valence-electron chi connectivity index (χ3n) is 3.81. The molecule has 0 aliphatic heterocycles. The van der Waals surface area contributed by atoms with Gasteiger partial charge < -0.3 is 9.55 Å². The zero-order valence-corrected chi connectivity index (χ0v) is 11.8. The average Bonchev–Trinajstić information content (AvgIpc) is 2.93. The first-order valence-corrected chi connectivity index (χ1v) is 6.82. The van der Waals surface area contributed by atoms with Crippen molar-refractivity contribution in [3.8, 4) is 0 Å². The SMILES string of the molecule is Cc1ncn(CCCn2c(=O)[nH]c3ccccc32)c1C. The van der Waals surface area contributed by atoms with E-state index in [2.05, 4.69) is 21.5 Å². The summed E-state index contributed by atoms with van der Waals surface area (Å²) < 4.78 is 3.93. The molecule has 2 aromatic heterocycles. The Bertz CT molecular complexity index is 794. The predicted molar refractivity (Wildman–Crippen MR) is 78.9 cm³/mol. The Morgan fingerprint density at radius 1 is 1.20 bits per heavy atom. The number of fused-ring (bicyclic) bond motifs is 1. The monoisotopic (exact) mass is 270 g/mol. The van der Waals surface area contributed by atoms with Crippen LogP contribution in [-0.4, -0.2) is 19.1 Å². The maximum Gasteiger partial charge on any atom is 0.326 e. The van der Waals surface area contributed by atoms with E-state index in [1.54, 1.807) is 4.57 Å². The molecule has 0 saturated carbocycles. The number of hydrogen-bond donors (Lipinski definition) is 1. The van der Waals surface area contributed by atoms with Gasteiger partial charge in [-0.3, -0.25) is 4.57 Å². The largest absolute Gasteiger partial charge is 0.335 e. The molecule has 0 unspecified atom stereocenters. The fourth-order valence-corrected chi connectivity index (χ4v) is 2.50. The van der Waals surface area contributed by atoms with Crippen molar-refractivity contribution in [2.24, 2.45) is 0 Å². The van der Waals surface area contributed by atoms with Crippen LogP contribution in [0.4, 0.5) is 0 Å². The van der Waals surface area contributed by atoms with E-state index >= 15 is 0 Å². The summed E-state index contributed by atoms with van der Waals surface area (Å²) in [7, 11) is 0. The molecule has 20 heavy (non-hydrogen) atoms. The molecule has 0 aliphatic rings. The molecule has 3 rings (SSSR count). The van der Waals surface area contributed by atoms with Gasteiger partial charge in [0.25, 0.3) is 0 Å². The van der Waals surface area contributed by atoms with E-state index in [0.717, 1.165) is 29.7 Å². The topological polar surface area (TPSA) is 55.6 Å². The summed E-state index contributed by atoms with van der Waals surface area (Å²) in [6.45, 7) is 5.66. The van der Waals surface area contributed by atoms with Crippen LogP contribution in [0, 0.1) is 13.8 Å². The maximum absolute atomic E-state index is 11.9. The highest BCUT2D eigenvalue weighted by Gasteiger charge is 2.06. The summed E-state index contributed by atoms with van der Waals surface area (Å²) in [4.78, 5) is 19.1. The zero-order valence-electron chi connectivity index (χ0n) is 11.8. The highest BCUT2D eigenvalue weighted by molar-refractivity contribution is 5.74. The lowest BCUT2D eigenvalue weighted by Gasteiger charge is -2.06. The van der Waals surface area contributed by atoms with Crippen molar-refractivity contribution in [1.82, 2.24) is 19.1 Å². The van der Waals surface area contributed by atoms with E-state index in [-0.39, 0.29) is 5.69 Å². The maximum atomic E-state index is 11.9. The number of rotatable bonds is 4. The van der Waals surface area contributed by atoms with Crippen LogP contribution in [0.15, 0.2) is 35.4 Å². The standard InChI is InChI=1S/C15H18N4O/c1-11-12(2)18(10-16-11)8-5-9-19-14-7-4-3-6-13(14)17-15(19)20/h3-4,6-7,10H,5,8-9H2,1-2H3,(H,17,20). The van der Waals surface area contributed by atoms with E-state index in [9.17, 15) is 4.79 Å². The van der Waals surface area contributed by atoms with Crippen molar-refractivity contribution < 1.29 is 0 Å². The van der Waals surface area contributed by atoms with Crippen LogP contribution < -0.4 is 5.69 Å². The van der Waals surface area contributed by atoms with Gasteiger partial charge in [-0.25, -0.2) is 9.78 Å². The second-order valence-electron chi connectivity index (χ2n) is 5.06. The quantitative estimate of drug-likeness (QED) is 0.790. The van der Waals surface area contributed by atoms with Crippen LogP contribution in [0.3, 0.4) is 0 Å². The van der Waals surface area contributed by atoms with Gasteiger partial charge in [0.1, 0.15) is 0 Å². The molecular formula is C15H18N4O. The Balaban J connectivity index is 1.76. The smallest absolute Gasteiger partial charge is 0.326 e. The van der Waals surface area contributed by atoms with Gasteiger partial charge in [0, 0.05) is 18.8 Å². The lowest BCUT2D eigenvalue weighted by atomic mass is 10.3. The number of aryl methyl sites for hydroxylation is 3. The van der Waals surface area contributed by atoms with E-state index < -0.39 is 0 Å². The van der Waals surface area contributed by atoms with Gasteiger partial charge in [-0.1, -0.05) is 12.1 Å². The Hall–Kier alpha value is -2.30. The van der Waals surface area contributed by atoms with Gasteiger partial charge in [0.15, 0.2) is 0 Å². The Morgan fingerprint density at radius 3 is 2.75 bits per heavy atom. The van der Waals surface area contributed by atoms with Gasteiger partial charge in [-0.2, -0.15) is 0 Å². The zero-order chi connectivity index (χ0) is 14.1. The summed E-state index contributed by atoms with van der Waals surface area (Å²) in [6.07, 6.45) is 2.76. The summed E-state index contributed by atoms with van der Waals surface area (Å²) in [5.41, 5.74) is 4.08. The summed E-state index contributed by atoms with van der Waals surface area (Å²) in [5, 5.41) is 0. The molecule has 0 aliphatic carbocycles. The lowest BCUT2D eigenvalue weighted by Crippen LogP contribution is -2.17. The Kier molecular flexibility index (Phi) is 3.18. The minimum Gasteiger partial charge on any atom is -0.335 e. The molecular weight excluding hydrogens is 252 g/mol. The number of aromatic nitrogens is 4. The Morgan fingerprint density at radius 2 is 2.00 bits per heavy atom. The molecule has 1 N–H and O–H groups in total. The first-order chi connectivity index (χ1) is 9.66. The highest BCUT2D eigenvalue weighted by Crippen LogP contribution is 2.10. The third kappa shape index (κ3) is 2.15. The fourth-order valence-electron chi connectivity index (χ4n) is 2.50. The average molecular weight is 270 g/mol. The summed E-state index contributed by atoms with van der Waals surface area (Å²) >= 11 is 0. The molecule has 5 nitrogen and oxygen atoms in total. The highest BCUT2D eigenvalue weighted by atomic mass is 16.1. The van der Waals surface area contributed by atoms with Crippen LogP contribution in [0.2, 0.25) is 0 Å². The molecule has 5 heteroatoms. The minimum atomic E-state index is -0.0373. The normalized spacial score (nSPS) is 11.3. The number of para-hydroxylation sites is 2. The molecule has 0 fully saturated rings. The number of imidazole rings is 2.